The zero-order valence-corrected chi connectivity index (χ0v) is 13.1. The van der Waals surface area contributed by atoms with Gasteiger partial charge in [0.25, 0.3) is 5.91 Å². The molecule has 0 atom stereocenters. The number of carbonyl (C=O) groups is 1. The molecule has 0 bridgehead atoms. The molecule has 0 spiro atoms. The number of nitrogens with zero attached hydrogens (tertiary/aromatic N) is 3. The molecule has 0 fully saturated rings. The molecule has 0 radical (unpaired) electrons. The number of rotatable bonds is 5. The second-order valence-corrected chi connectivity index (χ2v) is 5.35. The number of amides is 1. The van der Waals surface area contributed by atoms with E-state index in [2.05, 4.69) is 15.2 Å². The summed E-state index contributed by atoms with van der Waals surface area (Å²) in [4.78, 5) is 20.8. The molecule has 1 N–H and O–H groups in total. The van der Waals surface area contributed by atoms with Crippen molar-refractivity contribution < 1.29 is 4.79 Å². The van der Waals surface area contributed by atoms with E-state index in [1.54, 1.807) is 11.1 Å². The molecular weight excluding hydrogens is 264 g/mol. The number of hydrogen-bond donors (Lipinski definition) is 1. The average molecular weight is 286 g/mol. The minimum absolute atomic E-state index is 0.00297. The predicted octanol–water partition coefficient (Wildman–Crippen LogP) is 1.91. The van der Waals surface area contributed by atoms with Crippen LogP contribution in [0.2, 0.25) is 0 Å². The molecule has 1 aromatic heterocycles. The molecule has 1 aromatic carbocycles. The van der Waals surface area contributed by atoms with Gasteiger partial charge >= 0.3 is 0 Å². The van der Waals surface area contributed by atoms with Crippen molar-refractivity contribution in [3.05, 3.63) is 36.0 Å². The highest BCUT2D eigenvalue weighted by atomic mass is 16.2. The number of fused-ring (bicyclic) bond motifs is 1. The molecule has 0 aliphatic heterocycles. The summed E-state index contributed by atoms with van der Waals surface area (Å²) < 4.78 is 0. The van der Waals surface area contributed by atoms with Crippen LogP contribution in [-0.2, 0) is 0 Å². The third-order valence-electron chi connectivity index (χ3n) is 3.49. The van der Waals surface area contributed by atoms with Crippen LogP contribution in [0.3, 0.4) is 0 Å². The first kappa shape index (κ1) is 15.3. The Morgan fingerprint density at radius 2 is 1.81 bits per heavy atom. The maximum absolute atomic E-state index is 12.6. The predicted molar refractivity (Wildman–Crippen MR) is 86.8 cm³/mol. The lowest BCUT2D eigenvalue weighted by Crippen LogP contribution is -2.33. The Labute approximate surface area is 125 Å². The van der Waals surface area contributed by atoms with Crippen LogP contribution in [0.5, 0.6) is 0 Å². The summed E-state index contributed by atoms with van der Waals surface area (Å²) >= 11 is 0. The third-order valence-corrected chi connectivity index (χ3v) is 3.49. The molecule has 21 heavy (non-hydrogen) atoms. The van der Waals surface area contributed by atoms with Gasteiger partial charge in [0.05, 0.1) is 5.56 Å². The van der Waals surface area contributed by atoms with Crippen molar-refractivity contribution in [3.63, 3.8) is 0 Å². The van der Waals surface area contributed by atoms with Crippen LogP contribution < -0.4 is 5.32 Å². The van der Waals surface area contributed by atoms with Crippen molar-refractivity contribution in [2.24, 2.45) is 0 Å². The number of pyridine rings is 1. The van der Waals surface area contributed by atoms with Gasteiger partial charge in [0.2, 0.25) is 0 Å². The van der Waals surface area contributed by atoms with Gasteiger partial charge in [-0.3, -0.25) is 4.79 Å². The number of anilines is 1. The Morgan fingerprint density at radius 3 is 2.43 bits per heavy atom. The van der Waals surface area contributed by atoms with Crippen molar-refractivity contribution in [3.8, 4) is 0 Å². The maximum atomic E-state index is 12.6. The molecule has 0 saturated carbocycles. The van der Waals surface area contributed by atoms with Crippen LogP contribution in [0.1, 0.15) is 10.4 Å². The molecule has 2 aromatic rings. The number of carbonyl (C=O) groups excluding carboxylic acids is 1. The average Bonchev–Trinajstić information content (AvgIpc) is 2.50. The van der Waals surface area contributed by atoms with E-state index in [-0.39, 0.29) is 5.91 Å². The maximum Gasteiger partial charge on any atom is 0.255 e. The summed E-state index contributed by atoms with van der Waals surface area (Å²) in [6.45, 7) is 1.52. The van der Waals surface area contributed by atoms with E-state index in [1.165, 1.54) is 0 Å². The van der Waals surface area contributed by atoms with Crippen LogP contribution in [-0.4, -0.2) is 62.0 Å². The Balaban J connectivity index is 2.36. The molecule has 2 rings (SSSR count). The fourth-order valence-electron chi connectivity index (χ4n) is 2.22. The van der Waals surface area contributed by atoms with Crippen LogP contribution in [0, 0.1) is 0 Å². The van der Waals surface area contributed by atoms with Crippen LogP contribution >= 0.6 is 0 Å². The van der Waals surface area contributed by atoms with Crippen molar-refractivity contribution in [2.45, 2.75) is 0 Å². The van der Waals surface area contributed by atoms with E-state index in [9.17, 15) is 4.79 Å². The van der Waals surface area contributed by atoms with Gasteiger partial charge in [0.1, 0.15) is 5.82 Å². The minimum Gasteiger partial charge on any atom is -0.373 e. The SMILES string of the molecule is CNc1ncc(C(=O)N(C)CCN(C)C)c2ccccc12. The van der Waals surface area contributed by atoms with Gasteiger partial charge in [-0.1, -0.05) is 24.3 Å². The second kappa shape index (κ2) is 6.54. The van der Waals surface area contributed by atoms with Crippen molar-refractivity contribution in [2.75, 3.05) is 46.6 Å². The molecule has 0 aliphatic carbocycles. The standard InChI is InChI=1S/C16H22N4O/c1-17-15-13-8-6-5-7-12(13)14(11-18-15)16(21)20(4)10-9-19(2)3/h5-8,11H,9-10H2,1-4H3,(H,17,18). The first-order chi connectivity index (χ1) is 10.0. The van der Waals surface area contributed by atoms with Gasteiger partial charge in [0.15, 0.2) is 0 Å². The highest BCUT2D eigenvalue weighted by Gasteiger charge is 2.16. The lowest BCUT2D eigenvalue weighted by atomic mass is 10.1. The molecule has 1 amide bonds. The second-order valence-electron chi connectivity index (χ2n) is 5.35. The lowest BCUT2D eigenvalue weighted by molar-refractivity contribution is 0.0788. The number of aromatic nitrogens is 1. The first-order valence-electron chi connectivity index (χ1n) is 7.00. The van der Waals surface area contributed by atoms with Crippen LogP contribution in [0.15, 0.2) is 30.5 Å². The summed E-state index contributed by atoms with van der Waals surface area (Å²) in [5.74, 6) is 0.793. The highest BCUT2D eigenvalue weighted by Crippen LogP contribution is 2.24. The first-order valence-corrected chi connectivity index (χ1v) is 7.00. The van der Waals surface area contributed by atoms with E-state index < -0.39 is 0 Å². The quantitative estimate of drug-likeness (QED) is 0.912. The van der Waals surface area contributed by atoms with Gasteiger partial charge in [-0.2, -0.15) is 0 Å². The van der Waals surface area contributed by atoms with Gasteiger partial charge in [-0.05, 0) is 19.5 Å². The zero-order valence-electron chi connectivity index (χ0n) is 13.1. The largest absolute Gasteiger partial charge is 0.373 e. The van der Waals surface area contributed by atoms with E-state index in [0.29, 0.717) is 12.1 Å². The van der Waals surface area contributed by atoms with E-state index in [0.717, 1.165) is 23.1 Å². The Kier molecular flexibility index (Phi) is 4.75. The molecule has 112 valence electrons. The summed E-state index contributed by atoms with van der Waals surface area (Å²) in [5, 5.41) is 4.96. The topological polar surface area (TPSA) is 48.5 Å². The number of nitrogens with one attached hydrogen (secondary N) is 1. The van der Waals surface area contributed by atoms with Crippen molar-refractivity contribution >= 4 is 22.5 Å². The molecule has 0 aliphatic rings. The normalized spacial score (nSPS) is 10.9. The van der Waals surface area contributed by atoms with Crippen LogP contribution in [0.25, 0.3) is 10.8 Å². The summed E-state index contributed by atoms with van der Waals surface area (Å²) in [5.41, 5.74) is 0.644. The summed E-state index contributed by atoms with van der Waals surface area (Å²) in [6.07, 6.45) is 1.66. The fraction of sp³-hybridized carbons (Fsp3) is 0.375. The summed E-state index contributed by atoms with van der Waals surface area (Å²) in [7, 11) is 7.65. The Morgan fingerprint density at radius 1 is 1.14 bits per heavy atom. The van der Waals surface area contributed by atoms with Gasteiger partial charge < -0.3 is 15.1 Å². The lowest BCUT2D eigenvalue weighted by Gasteiger charge is -2.20. The summed E-state index contributed by atoms with van der Waals surface area (Å²) in [6, 6.07) is 7.84. The van der Waals surface area contributed by atoms with Crippen molar-refractivity contribution in [1.29, 1.82) is 0 Å². The van der Waals surface area contributed by atoms with Crippen molar-refractivity contribution in [1.82, 2.24) is 14.8 Å². The van der Waals surface area contributed by atoms with Gasteiger partial charge in [0, 0.05) is 38.8 Å². The Bertz CT molecular complexity index is 639. The van der Waals surface area contributed by atoms with Crippen LogP contribution in [0.4, 0.5) is 5.82 Å². The monoisotopic (exact) mass is 286 g/mol. The molecule has 5 heteroatoms. The minimum atomic E-state index is 0.00297. The van der Waals surface area contributed by atoms with E-state index in [4.69, 9.17) is 0 Å². The Hall–Kier alpha value is -2.14. The fourth-order valence-corrected chi connectivity index (χ4v) is 2.22. The van der Waals surface area contributed by atoms with E-state index in [1.807, 2.05) is 52.5 Å². The zero-order chi connectivity index (χ0) is 15.4. The molecule has 5 nitrogen and oxygen atoms in total. The van der Waals surface area contributed by atoms with Gasteiger partial charge in [-0.15, -0.1) is 0 Å². The third kappa shape index (κ3) is 3.31. The molecular formula is C16H22N4O. The number of benzene rings is 1. The molecule has 1 heterocycles. The molecule has 0 unspecified atom stereocenters. The van der Waals surface area contributed by atoms with Gasteiger partial charge in [-0.25, -0.2) is 4.98 Å². The number of hydrogen-bond acceptors (Lipinski definition) is 4. The number of likely N-dealkylation sites (N-methyl/N-ethyl adjacent to an activating group) is 2. The van der Waals surface area contributed by atoms with E-state index >= 15 is 0 Å². The smallest absolute Gasteiger partial charge is 0.255 e. The highest BCUT2D eigenvalue weighted by molar-refractivity contribution is 6.09. The molecule has 0 saturated heterocycles.